The van der Waals surface area contributed by atoms with Crippen LogP contribution in [0.15, 0.2) is 0 Å². The summed E-state index contributed by atoms with van der Waals surface area (Å²) in [6.07, 6.45) is 4.69. The summed E-state index contributed by atoms with van der Waals surface area (Å²) in [5.74, 6) is -0.759. The van der Waals surface area contributed by atoms with Crippen LogP contribution in [0.3, 0.4) is 0 Å². The van der Waals surface area contributed by atoms with E-state index in [0.29, 0.717) is 12.6 Å². The Bertz CT molecular complexity index is 314. The van der Waals surface area contributed by atoms with Crippen molar-refractivity contribution in [3.63, 3.8) is 0 Å². The van der Waals surface area contributed by atoms with E-state index >= 15 is 0 Å². The van der Waals surface area contributed by atoms with Crippen LogP contribution in [0.5, 0.6) is 0 Å². The molecular formula is C14H26N2O3. The van der Waals surface area contributed by atoms with Crippen molar-refractivity contribution in [2.45, 2.75) is 57.2 Å². The lowest BCUT2D eigenvalue weighted by atomic mass is 10.0. The maximum Gasteiger partial charge on any atom is 0.324 e. The molecule has 0 radical (unpaired) electrons. The van der Waals surface area contributed by atoms with Crippen LogP contribution in [0, 0.1) is 0 Å². The minimum absolute atomic E-state index is 0.277. The molecular weight excluding hydrogens is 244 g/mol. The van der Waals surface area contributed by atoms with Gasteiger partial charge in [-0.2, -0.15) is 0 Å². The Morgan fingerprint density at radius 2 is 2.21 bits per heavy atom. The summed E-state index contributed by atoms with van der Waals surface area (Å²) in [5, 5.41) is 12.8. The number of aliphatic carboxylic acids is 1. The van der Waals surface area contributed by atoms with Crippen molar-refractivity contribution in [1.82, 2.24) is 10.2 Å². The van der Waals surface area contributed by atoms with Gasteiger partial charge in [0.2, 0.25) is 0 Å². The number of nitrogens with zero attached hydrogens (tertiary/aromatic N) is 1. The highest BCUT2D eigenvalue weighted by molar-refractivity contribution is 5.78. The standard InChI is InChI=1S/C14H26N2O3/c1-3-16(9-12-5-4-8-19-12)10-14(2,13(17)18)15-11-6-7-11/h11-12,15H,3-10H2,1-2H3,(H,17,18). The lowest BCUT2D eigenvalue weighted by Crippen LogP contribution is -2.58. The molecule has 110 valence electrons. The third-order valence-electron chi connectivity index (χ3n) is 4.04. The molecule has 1 saturated carbocycles. The zero-order chi connectivity index (χ0) is 13.9. The molecule has 0 aromatic carbocycles. The predicted molar refractivity (Wildman–Crippen MR) is 73.3 cm³/mol. The number of likely N-dealkylation sites (N-methyl/N-ethyl adjacent to an activating group) is 1. The van der Waals surface area contributed by atoms with E-state index in [4.69, 9.17) is 4.74 Å². The number of rotatable bonds is 8. The van der Waals surface area contributed by atoms with Gasteiger partial charge in [0.25, 0.3) is 0 Å². The summed E-state index contributed by atoms with van der Waals surface area (Å²) in [5.41, 5.74) is -0.851. The number of carboxylic acid groups (broad SMARTS) is 1. The van der Waals surface area contributed by atoms with Crippen molar-refractivity contribution in [3.8, 4) is 0 Å². The fourth-order valence-electron chi connectivity index (χ4n) is 2.68. The van der Waals surface area contributed by atoms with Crippen LogP contribution in [0.2, 0.25) is 0 Å². The first-order valence-corrected chi connectivity index (χ1v) is 7.38. The molecule has 2 fully saturated rings. The number of hydrogen-bond donors (Lipinski definition) is 2. The molecule has 2 unspecified atom stereocenters. The first-order chi connectivity index (χ1) is 9.03. The zero-order valence-electron chi connectivity index (χ0n) is 12.0. The minimum Gasteiger partial charge on any atom is -0.480 e. The van der Waals surface area contributed by atoms with Crippen molar-refractivity contribution >= 4 is 5.97 Å². The third kappa shape index (κ3) is 4.16. The van der Waals surface area contributed by atoms with E-state index in [1.807, 2.05) is 0 Å². The summed E-state index contributed by atoms with van der Waals surface area (Å²) in [7, 11) is 0. The summed E-state index contributed by atoms with van der Waals surface area (Å²) >= 11 is 0. The summed E-state index contributed by atoms with van der Waals surface area (Å²) < 4.78 is 5.64. The fourth-order valence-corrected chi connectivity index (χ4v) is 2.68. The average molecular weight is 270 g/mol. The van der Waals surface area contributed by atoms with Gasteiger partial charge in [-0.25, -0.2) is 0 Å². The first kappa shape index (κ1) is 14.8. The third-order valence-corrected chi connectivity index (χ3v) is 4.04. The fraction of sp³-hybridized carbons (Fsp3) is 0.929. The molecule has 1 saturated heterocycles. The lowest BCUT2D eigenvalue weighted by molar-refractivity contribution is -0.145. The Morgan fingerprint density at radius 1 is 1.47 bits per heavy atom. The van der Waals surface area contributed by atoms with Gasteiger partial charge in [-0.05, 0) is 39.2 Å². The van der Waals surface area contributed by atoms with Crippen LogP contribution in [-0.4, -0.2) is 59.9 Å². The molecule has 5 heteroatoms. The number of nitrogens with one attached hydrogen (secondary N) is 1. The molecule has 2 rings (SSSR count). The predicted octanol–water partition coefficient (Wildman–Crippen LogP) is 1.08. The summed E-state index contributed by atoms with van der Waals surface area (Å²) in [6.45, 7) is 6.95. The van der Waals surface area contributed by atoms with Crippen LogP contribution >= 0.6 is 0 Å². The number of hydrogen-bond acceptors (Lipinski definition) is 4. The summed E-state index contributed by atoms with van der Waals surface area (Å²) in [4.78, 5) is 13.7. The van der Waals surface area contributed by atoms with Crippen molar-refractivity contribution in [1.29, 1.82) is 0 Å². The second-order valence-electron chi connectivity index (χ2n) is 6.02. The molecule has 1 aliphatic carbocycles. The molecule has 2 aliphatic rings. The maximum atomic E-state index is 11.6. The van der Waals surface area contributed by atoms with Gasteiger partial charge in [0.1, 0.15) is 5.54 Å². The number of carboxylic acids is 1. The minimum atomic E-state index is -0.851. The van der Waals surface area contributed by atoms with Crippen molar-refractivity contribution in [2.24, 2.45) is 0 Å². The van der Waals surface area contributed by atoms with Gasteiger partial charge in [0.15, 0.2) is 0 Å². The zero-order valence-corrected chi connectivity index (χ0v) is 12.0. The molecule has 0 amide bonds. The highest BCUT2D eigenvalue weighted by Gasteiger charge is 2.40. The smallest absolute Gasteiger partial charge is 0.324 e. The van der Waals surface area contributed by atoms with Crippen molar-refractivity contribution in [2.75, 3.05) is 26.2 Å². The largest absolute Gasteiger partial charge is 0.480 e. The van der Waals surface area contributed by atoms with E-state index in [1.165, 1.54) is 0 Å². The highest BCUT2D eigenvalue weighted by Crippen LogP contribution is 2.23. The molecule has 0 aromatic rings. The topological polar surface area (TPSA) is 61.8 Å². The van der Waals surface area contributed by atoms with Gasteiger partial charge in [0.05, 0.1) is 6.10 Å². The molecule has 0 bridgehead atoms. The Morgan fingerprint density at radius 3 is 2.68 bits per heavy atom. The van der Waals surface area contributed by atoms with Crippen LogP contribution in [0.1, 0.15) is 39.5 Å². The molecule has 2 atom stereocenters. The van der Waals surface area contributed by atoms with Crippen molar-refractivity contribution < 1.29 is 14.6 Å². The molecule has 2 N–H and O–H groups in total. The summed E-state index contributed by atoms with van der Waals surface area (Å²) in [6, 6.07) is 0.391. The van der Waals surface area contributed by atoms with Gasteiger partial charge in [-0.1, -0.05) is 6.92 Å². The van der Waals surface area contributed by atoms with Gasteiger partial charge < -0.3 is 9.84 Å². The second-order valence-corrected chi connectivity index (χ2v) is 6.02. The van der Waals surface area contributed by atoms with E-state index in [0.717, 1.165) is 45.4 Å². The van der Waals surface area contributed by atoms with Crippen LogP contribution in [0.4, 0.5) is 0 Å². The van der Waals surface area contributed by atoms with E-state index in [9.17, 15) is 9.90 Å². The average Bonchev–Trinajstić information content (AvgIpc) is 3.02. The molecule has 5 nitrogen and oxygen atoms in total. The monoisotopic (exact) mass is 270 g/mol. The molecule has 1 heterocycles. The van der Waals surface area contributed by atoms with E-state index in [2.05, 4.69) is 17.1 Å². The van der Waals surface area contributed by atoms with Gasteiger partial charge in [-0.3, -0.25) is 15.0 Å². The lowest BCUT2D eigenvalue weighted by Gasteiger charge is -2.33. The Labute approximate surface area is 115 Å². The van der Waals surface area contributed by atoms with E-state index in [1.54, 1.807) is 6.92 Å². The molecule has 0 spiro atoms. The maximum absolute atomic E-state index is 11.6. The van der Waals surface area contributed by atoms with Crippen LogP contribution in [0.25, 0.3) is 0 Å². The van der Waals surface area contributed by atoms with Gasteiger partial charge >= 0.3 is 5.97 Å². The molecule has 1 aliphatic heterocycles. The number of carbonyl (C=O) groups is 1. The highest BCUT2D eigenvalue weighted by atomic mass is 16.5. The molecule has 19 heavy (non-hydrogen) atoms. The first-order valence-electron chi connectivity index (χ1n) is 7.38. The number of ether oxygens (including phenoxy) is 1. The Kier molecular flexibility index (Phi) is 4.81. The van der Waals surface area contributed by atoms with Crippen LogP contribution in [-0.2, 0) is 9.53 Å². The second kappa shape index (κ2) is 6.20. The van der Waals surface area contributed by atoms with Gasteiger partial charge in [-0.15, -0.1) is 0 Å². The van der Waals surface area contributed by atoms with Crippen LogP contribution < -0.4 is 5.32 Å². The van der Waals surface area contributed by atoms with E-state index in [-0.39, 0.29) is 6.10 Å². The van der Waals surface area contributed by atoms with Crippen molar-refractivity contribution in [3.05, 3.63) is 0 Å². The van der Waals surface area contributed by atoms with E-state index < -0.39 is 11.5 Å². The normalized spacial score (nSPS) is 26.6. The quantitative estimate of drug-likeness (QED) is 0.691. The Balaban J connectivity index is 1.90. The molecule has 0 aromatic heterocycles. The SMILES string of the molecule is CCN(CC1CCCO1)CC(C)(NC1CC1)C(=O)O. The Hall–Kier alpha value is -0.650. The van der Waals surface area contributed by atoms with Gasteiger partial charge in [0, 0.05) is 25.7 Å².